The highest BCUT2D eigenvalue weighted by molar-refractivity contribution is 4.83. The Labute approximate surface area is 85.8 Å². The van der Waals surface area contributed by atoms with Gasteiger partial charge in [-0.25, -0.2) is 0 Å². The monoisotopic (exact) mass is 199 g/mol. The lowest BCUT2D eigenvalue weighted by molar-refractivity contribution is 0.0126. The van der Waals surface area contributed by atoms with Gasteiger partial charge in [-0.2, -0.15) is 0 Å². The minimum absolute atomic E-state index is 0.126. The molecule has 1 saturated carbocycles. The van der Waals surface area contributed by atoms with Crippen molar-refractivity contribution in [2.24, 2.45) is 0 Å². The molecule has 0 bridgehead atoms. The first-order valence-corrected chi connectivity index (χ1v) is 5.89. The molecule has 14 heavy (non-hydrogen) atoms. The molecular formula is C11H21NO2. The fourth-order valence-electron chi connectivity index (χ4n) is 2.43. The molecule has 0 amide bonds. The first-order valence-electron chi connectivity index (χ1n) is 5.89. The topological polar surface area (TPSA) is 41.5 Å². The van der Waals surface area contributed by atoms with E-state index in [1.807, 2.05) is 0 Å². The van der Waals surface area contributed by atoms with Crippen molar-refractivity contribution in [1.29, 1.82) is 0 Å². The van der Waals surface area contributed by atoms with Gasteiger partial charge in [0, 0.05) is 19.2 Å². The Balaban J connectivity index is 1.65. The lowest BCUT2D eigenvalue weighted by Gasteiger charge is -2.25. The molecule has 0 aromatic carbocycles. The van der Waals surface area contributed by atoms with Crippen LogP contribution in [0.3, 0.4) is 0 Å². The number of aliphatic hydroxyl groups excluding tert-OH is 1. The molecule has 3 atom stereocenters. The summed E-state index contributed by atoms with van der Waals surface area (Å²) >= 11 is 0. The summed E-state index contributed by atoms with van der Waals surface area (Å²) in [5.74, 6) is 0. The molecule has 2 aliphatic rings. The van der Waals surface area contributed by atoms with Crippen LogP contribution in [0.5, 0.6) is 0 Å². The highest BCUT2D eigenvalue weighted by Gasteiger charge is 2.25. The van der Waals surface area contributed by atoms with Crippen LogP contribution in [0.1, 0.15) is 38.5 Å². The molecule has 2 fully saturated rings. The molecule has 1 unspecified atom stereocenters. The van der Waals surface area contributed by atoms with Crippen LogP contribution >= 0.6 is 0 Å². The number of hydrogen-bond donors (Lipinski definition) is 2. The van der Waals surface area contributed by atoms with Crippen molar-refractivity contribution in [2.75, 3.05) is 13.2 Å². The molecule has 1 aliphatic carbocycles. The van der Waals surface area contributed by atoms with E-state index in [0.29, 0.717) is 12.1 Å². The number of rotatable bonds is 3. The van der Waals surface area contributed by atoms with Crippen LogP contribution in [0.4, 0.5) is 0 Å². The van der Waals surface area contributed by atoms with E-state index in [0.717, 1.165) is 32.4 Å². The van der Waals surface area contributed by atoms with Crippen LogP contribution in [0.2, 0.25) is 0 Å². The molecule has 0 aromatic heterocycles. The first kappa shape index (κ1) is 10.4. The van der Waals surface area contributed by atoms with Gasteiger partial charge in [0.15, 0.2) is 0 Å². The Hall–Kier alpha value is -0.120. The molecule has 2 rings (SSSR count). The maximum absolute atomic E-state index is 9.62. The van der Waals surface area contributed by atoms with Crippen molar-refractivity contribution in [3.05, 3.63) is 0 Å². The summed E-state index contributed by atoms with van der Waals surface area (Å²) in [4.78, 5) is 0. The molecule has 2 N–H and O–H groups in total. The smallest absolute Gasteiger partial charge is 0.0699 e. The van der Waals surface area contributed by atoms with E-state index in [9.17, 15) is 5.11 Å². The number of hydrogen-bond acceptors (Lipinski definition) is 3. The molecule has 3 nitrogen and oxygen atoms in total. The zero-order valence-electron chi connectivity index (χ0n) is 8.74. The van der Waals surface area contributed by atoms with Crippen LogP contribution in [0.15, 0.2) is 0 Å². The van der Waals surface area contributed by atoms with Gasteiger partial charge in [-0.3, -0.25) is 0 Å². The summed E-state index contributed by atoms with van der Waals surface area (Å²) < 4.78 is 5.63. The van der Waals surface area contributed by atoms with Crippen LogP contribution in [0, 0.1) is 0 Å². The molecule has 0 aromatic rings. The van der Waals surface area contributed by atoms with E-state index in [-0.39, 0.29) is 6.10 Å². The molecule has 1 saturated heterocycles. The Bertz CT molecular complexity index is 169. The van der Waals surface area contributed by atoms with Crippen LogP contribution in [0.25, 0.3) is 0 Å². The fraction of sp³-hybridized carbons (Fsp3) is 1.00. The SMILES string of the molecule is O[C@H]1CCC[C@@H]1NCC1CCCCO1. The Morgan fingerprint density at radius 3 is 2.71 bits per heavy atom. The second-order valence-corrected chi connectivity index (χ2v) is 4.50. The van der Waals surface area contributed by atoms with Crippen molar-refractivity contribution < 1.29 is 9.84 Å². The van der Waals surface area contributed by atoms with E-state index < -0.39 is 0 Å². The van der Waals surface area contributed by atoms with Gasteiger partial charge in [0.25, 0.3) is 0 Å². The second kappa shape index (κ2) is 5.10. The third kappa shape index (κ3) is 2.69. The lowest BCUT2D eigenvalue weighted by atomic mass is 10.1. The van der Waals surface area contributed by atoms with E-state index in [4.69, 9.17) is 4.74 Å². The van der Waals surface area contributed by atoms with Crippen molar-refractivity contribution in [3.63, 3.8) is 0 Å². The Kier molecular flexibility index (Phi) is 3.79. The highest BCUT2D eigenvalue weighted by atomic mass is 16.5. The third-order valence-corrected chi connectivity index (χ3v) is 3.36. The molecule has 3 heteroatoms. The summed E-state index contributed by atoms with van der Waals surface area (Å²) in [6.07, 6.45) is 7.18. The van der Waals surface area contributed by atoms with Crippen molar-refractivity contribution in [2.45, 2.75) is 56.8 Å². The average molecular weight is 199 g/mol. The molecule has 1 aliphatic heterocycles. The largest absolute Gasteiger partial charge is 0.392 e. The molecule has 0 radical (unpaired) electrons. The minimum atomic E-state index is -0.126. The third-order valence-electron chi connectivity index (χ3n) is 3.36. The van der Waals surface area contributed by atoms with Crippen LogP contribution in [-0.4, -0.2) is 36.5 Å². The maximum atomic E-state index is 9.62. The predicted molar refractivity (Wildman–Crippen MR) is 55.2 cm³/mol. The van der Waals surface area contributed by atoms with Crippen molar-refractivity contribution in [1.82, 2.24) is 5.32 Å². The van der Waals surface area contributed by atoms with Crippen LogP contribution in [-0.2, 0) is 4.74 Å². The summed E-state index contributed by atoms with van der Waals surface area (Å²) in [7, 11) is 0. The van der Waals surface area contributed by atoms with Gasteiger partial charge in [-0.1, -0.05) is 0 Å². The minimum Gasteiger partial charge on any atom is -0.392 e. The van der Waals surface area contributed by atoms with Crippen LogP contribution < -0.4 is 5.32 Å². The predicted octanol–water partition coefficient (Wildman–Crippen LogP) is 1.06. The zero-order chi connectivity index (χ0) is 9.80. The van der Waals surface area contributed by atoms with Gasteiger partial charge in [-0.05, 0) is 38.5 Å². The van der Waals surface area contributed by atoms with Gasteiger partial charge in [0.05, 0.1) is 12.2 Å². The summed E-state index contributed by atoms with van der Waals surface area (Å²) in [5.41, 5.74) is 0. The standard InChI is InChI=1S/C11H21NO2/c13-11-6-3-5-10(11)12-8-9-4-1-2-7-14-9/h9-13H,1-8H2/t9?,10-,11-/m0/s1. The summed E-state index contributed by atoms with van der Waals surface area (Å²) in [6.45, 7) is 1.83. The Morgan fingerprint density at radius 2 is 2.07 bits per heavy atom. The van der Waals surface area contributed by atoms with Gasteiger partial charge in [0.2, 0.25) is 0 Å². The average Bonchev–Trinajstić information content (AvgIpc) is 2.63. The van der Waals surface area contributed by atoms with Gasteiger partial charge < -0.3 is 15.2 Å². The highest BCUT2D eigenvalue weighted by Crippen LogP contribution is 2.19. The first-order chi connectivity index (χ1) is 6.86. The van der Waals surface area contributed by atoms with Crippen molar-refractivity contribution in [3.8, 4) is 0 Å². The molecular weight excluding hydrogens is 178 g/mol. The normalized spacial score (nSPS) is 38.8. The van der Waals surface area contributed by atoms with Crippen molar-refractivity contribution >= 4 is 0 Å². The quantitative estimate of drug-likeness (QED) is 0.714. The summed E-state index contributed by atoms with van der Waals surface area (Å²) in [6, 6.07) is 0.320. The maximum Gasteiger partial charge on any atom is 0.0699 e. The second-order valence-electron chi connectivity index (χ2n) is 4.50. The number of nitrogens with one attached hydrogen (secondary N) is 1. The van der Waals surface area contributed by atoms with Gasteiger partial charge in [-0.15, -0.1) is 0 Å². The van der Waals surface area contributed by atoms with E-state index >= 15 is 0 Å². The van der Waals surface area contributed by atoms with Gasteiger partial charge >= 0.3 is 0 Å². The summed E-state index contributed by atoms with van der Waals surface area (Å²) in [5, 5.41) is 13.0. The number of aliphatic hydroxyl groups is 1. The van der Waals surface area contributed by atoms with E-state index in [1.54, 1.807) is 0 Å². The lowest BCUT2D eigenvalue weighted by Crippen LogP contribution is -2.41. The zero-order valence-corrected chi connectivity index (χ0v) is 8.74. The fourth-order valence-corrected chi connectivity index (χ4v) is 2.43. The van der Waals surface area contributed by atoms with E-state index in [2.05, 4.69) is 5.32 Å². The molecule has 82 valence electrons. The molecule has 0 spiro atoms. The molecule has 1 heterocycles. The Morgan fingerprint density at radius 1 is 1.14 bits per heavy atom. The van der Waals surface area contributed by atoms with Gasteiger partial charge in [0.1, 0.15) is 0 Å². The van der Waals surface area contributed by atoms with E-state index in [1.165, 1.54) is 19.3 Å². The number of ether oxygens (including phenoxy) is 1.